The van der Waals surface area contributed by atoms with Gasteiger partial charge in [0, 0.05) is 11.6 Å². The topological polar surface area (TPSA) is 122 Å². The first-order valence-corrected chi connectivity index (χ1v) is 10.2. The number of aryl methyl sites for hydroxylation is 2. The molecular formula is C17H16N6O4S. The number of aromatic nitrogens is 6. The third-order valence-corrected chi connectivity index (χ3v) is 5.10. The van der Waals surface area contributed by atoms with Gasteiger partial charge in [-0.15, -0.1) is 0 Å². The normalized spacial score (nSPS) is 11.9. The van der Waals surface area contributed by atoms with Crippen LogP contribution in [-0.2, 0) is 22.9 Å². The maximum Gasteiger partial charge on any atom is 0.274 e. The Morgan fingerprint density at radius 3 is 2.46 bits per heavy atom. The van der Waals surface area contributed by atoms with E-state index in [9.17, 15) is 13.2 Å². The number of methoxy groups -OCH3 is 1. The average molecular weight is 400 g/mol. The van der Waals surface area contributed by atoms with E-state index >= 15 is 0 Å². The minimum absolute atomic E-state index is 0.123. The van der Waals surface area contributed by atoms with Crippen LogP contribution in [0.2, 0.25) is 0 Å². The van der Waals surface area contributed by atoms with Gasteiger partial charge in [-0.25, -0.2) is 17.8 Å². The first kappa shape index (κ1) is 18.0. The van der Waals surface area contributed by atoms with E-state index in [1.54, 1.807) is 18.3 Å². The summed E-state index contributed by atoms with van der Waals surface area (Å²) in [4.78, 5) is 20.6. The summed E-state index contributed by atoms with van der Waals surface area (Å²) >= 11 is 0. The molecule has 0 saturated heterocycles. The quantitative estimate of drug-likeness (QED) is 0.448. The molecule has 0 N–H and O–H groups in total. The van der Waals surface area contributed by atoms with Gasteiger partial charge in [0.25, 0.3) is 10.7 Å². The Kier molecular flexibility index (Phi) is 4.30. The van der Waals surface area contributed by atoms with Gasteiger partial charge in [0.2, 0.25) is 15.7 Å². The molecule has 10 nitrogen and oxygen atoms in total. The Hall–Kier alpha value is -3.34. The van der Waals surface area contributed by atoms with Gasteiger partial charge in [0.1, 0.15) is 5.39 Å². The second-order valence-corrected chi connectivity index (χ2v) is 8.06. The van der Waals surface area contributed by atoms with Gasteiger partial charge in [-0.3, -0.25) is 4.79 Å². The molecular weight excluding hydrogens is 384 g/mol. The van der Waals surface area contributed by atoms with E-state index in [0.717, 1.165) is 11.6 Å². The number of ether oxygens (including phenoxy) is 1. The first-order chi connectivity index (χ1) is 13.4. The maximum atomic E-state index is 12.6. The van der Waals surface area contributed by atoms with E-state index in [0.29, 0.717) is 16.4 Å². The van der Waals surface area contributed by atoms with Gasteiger partial charge in [-0.2, -0.15) is 20.2 Å². The van der Waals surface area contributed by atoms with Crippen molar-refractivity contribution in [2.45, 2.75) is 18.2 Å². The summed E-state index contributed by atoms with van der Waals surface area (Å²) in [5.74, 6) is 0.123. The van der Waals surface area contributed by atoms with Crippen LogP contribution in [0.5, 0.6) is 5.88 Å². The molecule has 0 radical (unpaired) electrons. The second kappa shape index (κ2) is 6.68. The number of hydrogen-bond acceptors (Lipinski definition) is 8. The Morgan fingerprint density at radius 1 is 1.00 bits per heavy atom. The fraction of sp³-hybridized carbons (Fsp3) is 0.235. The first-order valence-electron chi connectivity index (χ1n) is 8.31. The Labute approximate surface area is 159 Å². The lowest BCUT2D eigenvalue weighted by atomic mass is 10.2. The van der Waals surface area contributed by atoms with Crippen molar-refractivity contribution >= 4 is 31.6 Å². The van der Waals surface area contributed by atoms with Crippen LogP contribution in [0.4, 0.5) is 0 Å². The van der Waals surface area contributed by atoms with Crippen LogP contribution in [0.25, 0.3) is 21.8 Å². The number of rotatable bonds is 5. The highest BCUT2D eigenvalue weighted by atomic mass is 32.2. The van der Waals surface area contributed by atoms with Gasteiger partial charge >= 0.3 is 0 Å². The molecule has 0 unspecified atom stereocenters. The maximum absolute atomic E-state index is 12.6. The van der Waals surface area contributed by atoms with Gasteiger partial charge in [0.15, 0.2) is 5.65 Å². The SMILES string of the molecule is COc1nc(S(C)(=O)=O)nc2c1cnn2CCn1ncc2ccccc2c1=O. The van der Waals surface area contributed by atoms with Crippen molar-refractivity contribution in [2.75, 3.05) is 13.4 Å². The van der Waals surface area contributed by atoms with Crippen molar-refractivity contribution in [1.29, 1.82) is 0 Å². The lowest BCUT2D eigenvalue weighted by Gasteiger charge is -2.08. The molecule has 4 aromatic rings. The number of sulfone groups is 1. The Bertz CT molecular complexity index is 1360. The highest BCUT2D eigenvalue weighted by molar-refractivity contribution is 7.90. The number of nitrogens with zero attached hydrogens (tertiary/aromatic N) is 6. The van der Waals surface area contributed by atoms with Gasteiger partial charge in [-0.05, 0) is 6.07 Å². The molecule has 11 heteroatoms. The largest absolute Gasteiger partial charge is 0.480 e. The fourth-order valence-corrected chi connectivity index (χ4v) is 3.37. The summed E-state index contributed by atoms with van der Waals surface area (Å²) in [6.07, 6.45) is 4.15. The summed E-state index contributed by atoms with van der Waals surface area (Å²) in [5.41, 5.74) is 0.0970. The molecule has 0 aliphatic rings. The van der Waals surface area contributed by atoms with Gasteiger partial charge in [-0.1, -0.05) is 18.2 Å². The molecule has 144 valence electrons. The van der Waals surface area contributed by atoms with Crippen LogP contribution in [0.15, 0.2) is 46.6 Å². The summed E-state index contributed by atoms with van der Waals surface area (Å²) in [6, 6.07) is 7.21. The zero-order valence-corrected chi connectivity index (χ0v) is 15.9. The predicted octanol–water partition coefficient (Wildman–Crippen LogP) is 0.648. The minimum atomic E-state index is -3.63. The fourth-order valence-electron chi connectivity index (χ4n) is 2.87. The molecule has 28 heavy (non-hydrogen) atoms. The highest BCUT2D eigenvalue weighted by Crippen LogP contribution is 2.23. The van der Waals surface area contributed by atoms with Crippen LogP contribution in [0.1, 0.15) is 0 Å². The van der Waals surface area contributed by atoms with Crippen LogP contribution in [-0.4, -0.2) is 51.3 Å². The van der Waals surface area contributed by atoms with Crippen molar-refractivity contribution in [3.8, 4) is 5.88 Å². The summed E-state index contributed by atoms with van der Waals surface area (Å²) in [7, 11) is -2.24. The number of benzene rings is 1. The molecule has 0 aliphatic heterocycles. The van der Waals surface area contributed by atoms with E-state index in [-0.39, 0.29) is 29.7 Å². The third-order valence-electron chi connectivity index (χ3n) is 4.25. The van der Waals surface area contributed by atoms with Crippen molar-refractivity contribution in [3.63, 3.8) is 0 Å². The lowest BCUT2D eigenvalue weighted by molar-refractivity contribution is 0.397. The molecule has 3 aromatic heterocycles. The lowest BCUT2D eigenvalue weighted by Crippen LogP contribution is -2.25. The molecule has 0 saturated carbocycles. The minimum Gasteiger partial charge on any atom is -0.480 e. The molecule has 0 amide bonds. The van der Waals surface area contributed by atoms with Crippen LogP contribution < -0.4 is 10.3 Å². The van der Waals surface area contributed by atoms with Crippen molar-refractivity contribution < 1.29 is 13.2 Å². The molecule has 0 bridgehead atoms. The zero-order chi connectivity index (χ0) is 19.9. The summed E-state index contributed by atoms with van der Waals surface area (Å²) in [6.45, 7) is 0.499. The van der Waals surface area contributed by atoms with Crippen LogP contribution >= 0.6 is 0 Å². The highest BCUT2D eigenvalue weighted by Gasteiger charge is 2.19. The van der Waals surface area contributed by atoms with E-state index in [1.807, 2.05) is 12.1 Å². The second-order valence-electron chi connectivity index (χ2n) is 6.15. The van der Waals surface area contributed by atoms with Crippen LogP contribution in [0, 0.1) is 0 Å². The monoisotopic (exact) mass is 400 g/mol. The third kappa shape index (κ3) is 3.09. The molecule has 4 rings (SSSR count). The molecule has 1 aromatic carbocycles. The molecule has 0 atom stereocenters. The van der Waals surface area contributed by atoms with Gasteiger partial charge < -0.3 is 4.74 Å². The van der Waals surface area contributed by atoms with Crippen molar-refractivity contribution in [2.24, 2.45) is 0 Å². The van der Waals surface area contributed by atoms with E-state index < -0.39 is 9.84 Å². The number of hydrogen-bond donors (Lipinski definition) is 0. The van der Waals surface area contributed by atoms with E-state index in [2.05, 4.69) is 20.2 Å². The predicted molar refractivity (Wildman–Crippen MR) is 101 cm³/mol. The van der Waals surface area contributed by atoms with Crippen molar-refractivity contribution in [3.05, 3.63) is 47.0 Å². The van der Waals surface area contributed by atoms with Crippen molar-refractivity contribution in [1.82, 2.24) is 29.5 Å². The average Bonchev–Trinajstić information content (AvgIpc) is 3.09. The van der Waals surface area contributed by atoms with E-state index in [4.69, 9.17) is 4.74 Å². The summed E-state index contributed by atoms with van der Waals surface area (Å²) in [5, 5.41) is 9.89. The van der Waals surface area contributed by atoms with E-state index in [1.165, 1.54) is 22.7 Å². The Balaban J connectivity index is 1.73. The molecule has 0 aliphatic carbocycles. The van der Waals surface area contributed by atoms with Crippen LogP contribution in [0.3, 0.4) is 0 Å². The smallest absolute Gasteiger partial charge is 0.274 e. The Morgan fingerprint density at radius 2 is 1.71 bits per heavy atom. The molecule has 3 heterocycles. The summed E-state index contributed by atoms with van der Waals surface area (Å²) < 4.78 is 31.7. The molecule has 0 fully saturated rings. The standard InChI is InChI=1S/C17H16N6O4S/c1-27-15-13-10-19-22(14(13)20-17(21-15)28(2,25)26)7-8-23-16(24)12-6-4-3-5-11(12)9-18-23/h3-6,9-10H,7-8H2,1-2H3. The molecule has 0 spiro atoms. The zero-order valence-electron chi connectivity index (χ0n) is 15.1. The van der Waals surface area contributed by atoms with Gasteiger partial charge in [0.05, 0.1) is 38.0 Å². The number of fused-ring (bicyclic) bond motifs is 2.